The molecule has 31 heavy (non-hydrogen) atoms. The molecule has 1 aliphatic heterocycles. The number of ether oxygens (including phenoxy) is 2. The maximum atomic E-state index is 12.5. The summed E-state index contributed by atoms with van der Waals surface area (Å²) in [6.45, 7) is 6.75. The van der Waals surface area contributed by atoms with Crippen molar-refractivity contribution in [3.05, 3.63) is 76.6 Å². The smallest absolute Gasteiger partial charge is 0.144 e. The van der Waals surface area contributed by atoms with Crippen LogP contribution in [-0.2, 0) is 29.3 Å². The van der Waals surface area contributed by atoms with E-state index in [0.717, 1.165) is 16.8 Å². The molecule has 0 spiro atoms. The fourth-order valence-corrected chi connectivity index (χ4v) is 3.99. The molecular formula is C23H24ClN3O3S. The zero-order valence-electron chi connectivity index (χ0n) is 17.7. The minimum Gasteiger partial charge on any atom is -0.591 e. The van der Waals surface area contributed by atoms with Crippen LogP contribution in [0.15, 0.2) is 59.1 Å². The molecule has 3 aromatic rings. The second-order valence-electron chi connectivity index (χ2n) is 8.17. The molecule has 0 unspecified atom stereocenters. The minimum absolute atomic E-state index is 0.300. The van der Waals surface area contributed by atoms with Crippen molar-refractivity contribution in [3.63, 3.8) is 0 Å². The van der Waals surface area contributed by atoms with Crippen molar-refractivity contribution in [3.8, 4) is 11.4 Å². The number of halogens is 1. The van der Waals surface area contributed by atoms with Crippen LogP contribution in [0.3, 0.4) is 0 Å². The van der Waals surface area contributed by atoms with Gasteiger partial charge in [0.05, 0.1) is 30.8 Å². The van der Waals surface area contributed by atoms with Gasteiger partial charge < -0.3 is 14.0 Å². The molecule has 4 rings (SSSR count). The Morgan fingerprint density at radius 2 is 1.94 bits per heavy atom. The van der Waals surface area contributed by atoms with Crippen molar-refractivity contribution in [1.82, 2.24) is 9.78 Å². The number of rotatable bonds is 5. The van der Waals surface area contributed by atoms with Crippen LogP contribution in [0.2, 0.25) is 5.02 Å². The normalized spacial score (nSPS) is 16.2. The fourth-order valence-electron chi connectivity index (χ4n) is 3.11. The Morgan fingerprint density at radius 3 is 2.68 bits per heavy atom. The first-order chi connectivity index (χ1) is 14.8. The van der Waals surface area contributed by atoms with Gasteiger partial charge in [-0.1, -0.05) is 52.4 Å². The van der Waals surface area contributed by atoms with Gasteiger partial charge in [0.1, 0.15) is 39.2 Å². The standard InChI is InChI=1S/C23H24ClN3O3S/c1-23(2,3)31(28)26-18-14-29-15-20-17(18)12-25-27(20)19-10-7-11-21(22(19)24)30-13-16-8-5-4-6-9-16/h4-12H,13-15H2,1-3H3/t31-/m0/s1. The highest BCUT2D eigenvalue weighted by Gasteiger charge is 2.30. The van der Waals surface area contributed by atoms with E-state index in [1.54, 1.807) is 10.9 Å². The molecule has 0 saturated carbocycles. The van der Waals surface area contributed by atoms with E-state index in [1.165, 1.54) is 0 Å². The third-order valence-electron chi connectivity index (χ3n) is 4.78. The molecule has 0 saturated heterocycles. The molecular weight excluding hydrogens is 434 g/mol. The average Bonchev–Trinajstić information content (AvgIpc) is 3.18. The van der Waals surface area contributed by atoms with Crippen LogP contribution >= 0.6 is 11.6 Å². The van der Waals surface area contributed by atoms with Crippen LogP contribution < -0.4 is 4.74 Å². The molecule has 0 radical (unpaired) electrons. The SMILES string of the molecule is CC(C)(C)[S@+]([O-])N=C1COCc2c1cnn2-c1cccc(OCc2ccccc2)c1Cl. The minimum atomic E-state index is -1.38. The maximum Gasteiger partial charge on any atom is 0.144 e. The summed E-state index contributed by atoms with van der Waals surface area (Å²) in [5.41, 5.74) is 4.03. The van der Waals surface area contributed by atoms with Gasteiger partial charge in [0, 0.05) is 5.56 Å². The lowest BCUT2D eigenvalue weighted by molar-refractivity contribution is 0.147. The van der Waals surface area contributed by atoms with Crippen molar-refractivity contribution in [2.24, 2.45) is 4.40 Å². The van der Waals surface area contributed by atoms with Gasteiger partial charge >= 0.3 is 0 Å². The molecule has 6 nitrogen and oxygen atoms in total. The van der Waals surface area contributed by atoms with E-state index >= 15 is 0 Å². The van der Waals surface area contributed by atoms with Gasteiger partial charge in [0.25, 0.3) is 0 Å². The molecule has 2 heterocycles. The van der Waals surface area contributed by atoms with Crippen molar-refractivity contribution in [2.45, 2.75) is 38.7 Å². The molecule has 0 N–H and O–H groups in total. The first-order valence-corrected chi connectivity index (χ1v) is 11.4. The molecule has 1 atom stereocenters. The predicted molar refractivity (Wildman–Crippen MR) is 123 cm³/mol. The highest BCUT2D eigenvalue weighted by molar-refractivity contribution is 7.91. The monoisotopic (exact) mass is 457 g/mol. The van der Waals surface area contributed by atoms with Crippen LogP contribution in [0.1, 0.15) is 37.6 Å². The summed E-state index contributed by atoms with van der Waals surface area (Å²) in [5.74, 6) is 0.576. The summed E-state index contributed by atoms with van der Waals surface area (Å²) in [6.07, 6.45) is 1.73. The average molecular weight is 458 g/mol. The van der Waals surface area contributed by atoms with E-state index in [9.17, 15) is 4.55 Å². The Balaban J connectivity index is 1.64. The molecule has 162 valence electrons. The van der Waals surface area contributed by atoms with E-state index < -0.39 is 16.1 Å². The lowest BCUT2D eigenvalue weighted by Crippen LogP contribution is -2.29. The van der Waals surface area contributed by atoms with Gasteiger partial charge in [-0.25, -0.2) is 4.68 Å². The van der Waals surface area contributed by atoms with Gasteiger partial charge in [0.15, 0.2) is 0 Å². The zero-order chi connectivity index (χ0) is 22.0. The number of benzene rings is 2. The summed E-state index contributed by atoms with van der Waals surface area (Å²) >= 11 is 5.30. The van der Waals surface area contributed by atoms with E-state index in [2.05, 4.69) is 9.50 Å². The number of aromatic nitrogens is 2. The van der Waals surface area contributed by atoms with Crippen LogP contribution in [0.4, 0.5) is 0 Å². The Kier molecular flexibility index (Phi) is 6.39. The Labute approximate surface area is 190 Å². The molecule has 2 aromatic carbocycles. The molecule has 0 fully saturated rings. The van der Waals surface area contributed by atoms with Crippen LogP contribution in [0.25, 0.3) is 5.69 Å². The second kappa shape index (κ2) is 9.04. The highest BCUT2D eigenvalue weighted by atomic mass is 35.5. The summed E-state index contributed by atoms with van der Waals surface area (Å²) < 4.78 is 29.9. The summed E-state index contributed by atoms with van der Waals surface area (Å²) in [7, 11) is 0. The number of nitrogens with zero attached hydrogens (tertiary/aromatic N) is 3. The topological polar surface area (TPSA) is 71.7 Å². The molecule has 0 aliphatic carbocycles. The van der Waals surface area contributed by atoms with Crippen molar-refractivity contribution in [2.75, 3.05) is 6.61 Å². The van der Waals surface area contributed by atoms with Crippen LogP contribution in [0.5, 0.6) is 5.75 Å². The van der Waals surface area contributed by atoms with E-state index in [0.29, 0.717) is 42.0 Å². The number of hydrogen-bond donors (Lipinski definition) is 0. The van der Waals surface area contributed by atoms with E-state index in [4.69, 9.17) is 21.1 Å². The van der Waals surface area contributed by atoms with Crippen LogP contribution in [0, 0.1) is 0 Å². The molecule has 8 heteroatoms. The van der Waals surface area contributed by atoms with Crippen LogP contribution in [-0.4, -0.2) is 31.4 Å². The Morgan fingerprint density at radius 1 is 1.16 bits per heavy atom. The number of fused-ring (bicyclic) bond motifs is 1. The van der Waals surface area contributed by atoms with Gasteiger partial charge in [-0.2, -0.15) is 5.10 Å². The summed E-state index contributed by atoms with van der Waals surface area (Å²) in [4.78, 5) is 0. The molecule has 1 aliphatic rings. The quantitative estimate of drug-likeness (QED) is 0.511. The summed E-state index contributed by atoms with van der Waals surface area (Å²) in [6, 6.07) is 15.5. The lowest BCUT2D eigenvalue weighted by Gasteiger charge is -2.21. The zero-order valence-corrected chi connectivity index (χ0v) is 19.2. The molecule has 1 aromatic heterocycles. The fraction of sp³-hybridized carbons (Fsp3) is 0.304. The van der Waals surface area contributed by atoms with Gasteiger partial charge in [0.2, 0.25) is 0 Å². The first-order valence-electron chi connectivity index (χ1n) is 9.95. The van der Waals surface area contributed by atoms with Crippen molar-refractivity contribution in [1.29, 1.82) is 0 Å². The first kappa shape index (κ1) is 21.9. The summed E-state index contributed by atoms with van der Waals surface area (Å²) in [5, 5.41) is 4.99. The van der Waals surface area contributed by atoms with Crippen molar-refractivity contribution >= 4 is 28.7 Å². The third kappa shape index (κ3) is 4.80. The third-order valence-corrected chi connectivity index (χ3v) is 6.60. The largest absolute Gasteiger partial charge is 0.591 e. The van der Waals surface area contributed by atoms with Crippen molar-refractivity contribution < 1.29 is 14.0 Å². The lowest BCUT2D eigenvalue weighted by atomic mass is 10.1. The number of hydrogen-bond acceptors (Lipinski definition) is 5. The Hall–Kier alpha value is -2.32. The van der Waals surface area contributed by atoms with E-state index in [-0.39, 0.29) is 0 Å². The second-order valence-corrected chi connectivity index (χ2v) is 10.5. The highest BCUT2D eigenvalue weighted by Crippen LogP contribution is 2.33. The van der Waals surface area contributed by atoms with Gasteiger partial charge in [-0.05, 0) is 38.5 Å². The maximum absolute atomic E-state index is 12.5. The van der Waals surface area contributed by atoms with E-state index in [1.807, 2.05) is 69.3 Å². The predicted octanol–water partition coefficient (Wildman–Crippen LogP) is 4.89. The molecule has 0 amide bonds. The van der Waals surface area contributed by atoms with Gasteiger partial charge in [-0.3, -0.25) is 0 Å². The Bertz CT molecular complexity index is 1090. The van der Waals surface area contributed by atoms with Gasteiger partial charge in [-0.15, -0.1) is 0 Å². The molecule has 0 bridgehead atoms.